The van der Waals surface area contributed by atoms with Gasteiger partial charge in [0, 0.05) is 25.1 Å². The van der Waals surface area contributed by atoms with E-state index >= 15 is 0 Å². The predicted molar refractivity (Wildman–Crippen MR) is 117 cm³/mol. The number of methoxy groups -OCH3 is 1. The van der Waals surface area contributed by atoms with Crippen molar-refractivity contribution >= 4 is 23.3 Å². The van der Waals surface area contributed by atoms with Gasteiger partial charge in [-0.25, -0.2) is 4.79 Å². The summed E-state index contributed by atoms with van der Waals surface area (Å²) in [6.07, 6.45) is 2.42. The molecule has 0 radical (unpaired) electrons. The molecule has 7 nitrogen and oxygen atoms in total. The Morgan fingerprint density at radius 3 is 2.48 bits per heavy atom. The van der Waals surface area contributed by atoms with Crippen LogP contribution in [0, 0.1) is 26.7 Å². The van der Waals surface area contributed by atoms with Gasteiger partial charge in [-0.2, -0.15) is 0 Å². The van der Waals surface area contributed by atoms with Crippen LogP contribution in [0.15, 0.2) is 42.3 Å². The second-order valence-corrected chi connectivity index (χ2v) is 7.75. The Kier molecular flexibility index (Phi) is 6.84. The van der Waals surface area contributed by atoms with Gasteiger partial charge in [0.05, 0.1) is 12.7 Å². The van der Waals surface area contributed by atoms with Crippen LogP contribution >= 0.6 is 0 Å². The number of imide groups is 1. The zero-order valence-electron chi connectivity index (χ0n) is 18.2. The van der Waals surface area contributed by atoms with Crippen molar-refractivity contribution in [3.05, 3.63) is 70.2 Å². The maximum Gasteiger partial charge on any atom is 0.321 e. The van der Waals surface area contributed by atoms with E-state index in [2.05, 4.69) is 27.8 Å². The number of hydrogen-bond acceptors (Lipinski definition) is 5. The molecule has 3 amide bonds. The number of rotatable bonds is 6. The van der Waals surface area contributed by atoms with E-state index < -0.39 is 11.9 Å². The van der Waals surface area contributed by atoms with Crippen LogP contribution in [-0.4, -0.2) is 36.4 Å². The number of ether oxygens (including phenoxy) is 1. The van der Waals surface area contributed by atoms with Gasteiger partial charge in [-0.1, -0.05) is 23.8 Å². The second kappa shape index (κ2) is 9.55. The average molecular weight is 421 g/mol. The molecule has 0 aliphatic heterocycles. The quantitative estimate of drug-likeness (QED) is 0.744. The van der Waals surface area contributed by atoms with E-state index in [0.717, 1.165) is 22.3 Å². The Morgan fingerprint density at radius 1 is 1.16 bits per heavy atom. The molecule has 31 heavy (non-hydrogen) atoms. The fourth-order valence-corrected chi connectivity index (χ4v) is 4.08. The first-order chi connectivity index (χ1) is 14.8. The maximum atomic E-state index is 13.2. The Morgan fingerprint density at radius 2 is 1.87 bits per heavy atom. The topological polar surface area (TPSA) is 97.4 Å². The molecule has 2 N–H and O–H groups in total. The van der Waals surface area contributed by atoms with Crippen LogP contribution in [0.1, 0.15) is 45.6 Å². The number of hydrogen-bond donors (Lipinski definition) is 2. The fourth-order valence-electron chi connectivity index (χ4n) is 4.08. The van der Waals surface area contributed by atoms with Crippen molar-refractivity contribution < 1.29 is 19.1 Å². The predicted octanol–water partition coefficient (Wildman–Crippen LogP) is 3.48. The Bertz CT molecular complexity index is 1020. The molecule has 1 aliphatic rings. The van der Waals surface area contributed by atoms with Crippen LogP contribution in [0.2, 0.25) is 0 Å². The number of aromatic nitrogens is 1. The number of nitrogens with one attached hydrogen (secondary N) is 2. The lowest BCUT2D eigenvalue weighted by Gasteiger charge is -2.14. The lowest BCUT2D eigenvalue weighted by atomic mass is 9.90. The highest BCUT2D eigenvalue weighted by atomic mass is 16.5. The van der Waals surface area contributed by atoms with Crippen molar-refractivity contribution in [3.63, 3.8) is 0 Å². The number of aryl methyl sites for hydroxylation is 3. The molecular weight excluding hydrogens is 394 g/mol. The molecule has 162 valence electrons. The molecular formula is C24H27N3O4. The number of nitrogens with zero attached hydrogens (tertiary/aromatic N) is 1. The lowest BCUT2D eigenvalue weighted by Crippen LogP contribution is -2.40. The number of ketones is 1. The molecule has 1 aliphatic carbocycles. The highest BCUT2D eigenvalue weighted by Crippen LogP contribution is 2.39. The van der Waals surface area contributed by atoms with E-state index in [9.17, 15) is 14.4 Å². The molecule has 1 atom stereocenters. The zero-order chi connectivity index (χ0) is 22.5. The summed E-state index contributed by atoms with van der Waals surface area (Å²) < 4.78 is 5.56. The molecule has 1 aromatic carbocycles. The monoisotopic (exact) mass is 421 g/mol. The average Bonchev–Trinajstić information content (AvgIpc) is 3.03. The third kappa shape index (κ3) is 4.99. The molecule has 0 fully saturated rings. The summed E-state index contributed by atoms with van der Waals surface area (Å²) in [7, 11) is 1.58. The largest absolute Gasteiger partial charge is 0.500 e. The summed E-state index contributed by atoms with van der Waals surface area (Å²) in [5.74, 6) is -0.152. The van der Waals surface area contributed by atoms with E-state index in [4.69, 9.17) is 4.74 Å². The number of amides is 3. The summed E-state index contributed by atoms with van der Waals surface area (Å²) in [6.45, 7) is 6.29. The van der Waals surface area contributed by atoms with Gasteiger partial charge in [-0.3, -0.25) is 19.9 Å². The number of allylic oxidation sites excluding steroid dienone is 2. The summed E-state index contributed by atoms with van der Waals surface area (Å²) in [5.41, 5.74) is 4.96. The highest BCUT2D eigenvalue weighted by molar-refractivity contribution is 6.25. The summed E-state index contributed by atoms with van der Waals surface area (Å²) >= 11 is 0. The SMILES string of the molecule is COC1=C(c2c(C)cc(C)cc2C)C(=O)C(CCNC(=O)NC(=O)c2ccccn2)C1. The molecule has 0 bridgehead atoms. The van der Waals surface area contributed by atoms with E-state index in [-0.39, 0.29) is 23.9 Å². The number of carbonyl (C=O) groups excluding carboxylic acids is 3. The second-order valence-electron chi connectivity index (χ2n) is 7.75. The first-order valence-electron chi connectivity index (χ1n) is 10.2. The van der Waals surface area contributed by atoms with Crippen molar-refractivity contribution in [1.29, 1.82) is 0 Å². The van der Waals surface area contributed by atoms with Crippen molar-refractivity contribution in [2.75, 3.05) is 13.7 Å². The number of Topliss-reactive ketones (excluding diaryl/α,β-unsaturated/α-hetero) is 1. The minimum Gasteiger partial charge on any atom is -0.500 e. The van der Waals surface area contributed by atoms with Gasteiger partial charge >= 0.3 is 6.03 Å². The van der Waals surface area contributed by atoms with Crippen molar-refractivity contribution in [3.8, 4) is 0 Å². The Hall–Kier alpha value is -3.48. The molecule has 2 aromatic rings. The number of carbonyl (C=O) groups is 3. The van der Waals surface area contributed by atoms with Gasteiger partial charge in [0.1, 0.15) is 11.5 Å². The maximum absolute atomic E-state index is 13.2. The van der Waals surface area contributed by atoms with Crippen molar-refractivity contribution in [2.24, 2.45) is 5.92 Å². The van der Waals surface area contributed by atoms with Crippen molar-refractivity contribution in [2.45, 2.75) is 33.6 Å². The standard InChI is InChI=1S/C24H27N3O4/c1-14-11-15(2)20(16(3)12-14)21-19(31-4)13-17(22(21)28)8-10-26-24(30)27-23(29)18-7-5-6-9-25-18/h5-7,9,11-12,17H,8,10,13H2,1-4H3,(H2,26,27,29,30). The Balaban J connectivity index is 1.60. The summed E-state index contributed by atoms with van der Waals surface area (Å²) in [5, 5.41) is 4.87. The molecule has 1 heterocycles. The number of pyridine rings is 1. The molecule has 3 rings (SSSR count). The van der Waals surface area contributed by atoms with Gasteiger partial charge in [0.2, 0.25) is 0 Å². The molecule has 0 spiro atoms. The molecule has 1 unspecified atom stereocenters. The first kappa shape index (κ1) is 22.2. The van der Waals surface area contributed by atoms with Gasteiger partial charge in [0.25, 0.3) is 5.91 Å². The van der Waals surface area contributed by atoms with Gasteiger partial charge in [0.15, 0.2) is 5.78 Å². The van der Waals surface area contributed by atoms with Crippen LogP contribution in [0.3, 0.4) is 0 Å². The highest BCUT2D eigenvalue weighted by Gasteiger charge is 2.35. The first-order valence-corrected chi connectivity index (χ1v) is 10.2. The summed E-state index contributed by atoms with van der Waals surface area (Å²) in [4.78, 5) is 41.1. The fraction of sp³-hybridized carbons (Fsp3) is 0.333. The van der Waals surface area contributed by atoms with Gasteiger partial charge in [-0.05, 0) is 56.0 Å². The third-order valence-corrected chi connectivity index (χ3v) is 5.40. The molecule has 1 aromatic heterocycles. The minimum absolute atomic E-state index is 0.0265. The molecule has 7 heteroatoms. The van der Waals surface area contributed by atoms with Crippen LogP contribution in [0.5, 0.6) is 0 Å². The van der Waals surface area contributed by atoms with Gasteiger partial charge < -0.3 is 10.1 Å². The minimum atomic E-state index is -0.619. The number of benzene rings is 1. The van der Waals surface area contributed by atoms with Gasteiger partial charge in [-0.15, -0.1) is 0 Å². The Labute approximate surface area is 181 Å². The van der Waals surface area contributed by atoms with Crippen LogP contribution in [-0.2, 0) is 9.53 Å². The van der Waals surface area contributed by atoms with E-state index in [0.29, 0.717) is 24.2 Å². The zero-order valence-corrected chi connectivity index (χ0v) is 18.2. The van der Waals surface area contributed by atoms with Crippen LogP contribution < -0.4 is 10.6 Å². The normalized spacial score (nSPS) is 15.7. The lowest BCUT2D eigenvalue weighted by molar-refractivity contribution is -0.116. The molecule has 0 saturated carbocycles. The smallest absolute Gasteiger partial charge is 0.321 e. The summed E-state index contributed by atoms with van der Waals surface area (Å²) in [6, 6.07) is 8.38. The third-order valence-electron chi connectivity index (χ3n) is 5.40. The van der Waals surface area contributed by atoms with E-state index in [1.807, 2.05) is 20.8 Å². The van der Waals surface area contributed by atoms with E-state index in [1.54, 1.807) is 19.2 Å². The number of urea groups is 1. The van der Waals surface area contributed by atoms with Crippen LogP contribution in [0.25, 0.3) is 5.57 Å². The van der Waals surface area contributed by atoms with E-state index in [1.165, 1.54) is 12.3 Å². The van der Waals surface area contributed by atoms with Crippen LogP contribution in [0.4, 0.5) is 4.79 Å². The van der Waals surface area contributed by atoms with Crippen molar-refractivity contribution in [1.82, 2.24) is 15.6 Å². The molecule has 0 saturated heterocycles.